The maximum absolute atomic E-state index is 13.6. The summed E-state index contributed by atoms with van der Waals surface area (Å²) < 4.78 is 25.5. The summed E-state index contributed by atoms with van der Waals surface area (Å²) in [4.78, 5) is 24.3. The molecule has 0 radical (unpaired) electrons. The molecule has 1 heterocycles. The van der Waals surface area contributed by atoms with E-state index in [1.807, 2.05) is 24.3 Å². The summed E-state index contributed by atoms with van der Waals surface area (Å²) in [6.07, 6.45) is -0.894. The lowest BCUT2D eigenvalue weighted by Gasteiger charge is -2.15. The molecule has 0 saturated heterocycles. The molecule has 0 aliphatic heterocycles. The van der Waals surface area contributed by atoms with Crippen molar-refractivity contribution in [2.75, 3.05) is 13.7 Å². The Hall–Kier alpha value is -3.68. The molecule has 30 heavy (non-hydrogen) atoms. The first-order valence-corrected chi connectivity index (χ1v) is 9.39. The van der Waals surface area contributed by atoms with Gasteiger partial charge < -0.3 is 14.8 Å². The van der Waals surface area contributed by atoms with Gasteiger partial charge in [0.05, 0.1) is 19.3 Å². The number of carbonyl (C=O) groups excluding carboxylic acids is 1. The van der Waals surface area contributed by atoms with Gasteiger partial charge in [-0.15, -0.1) is 0 Å². The molecule has 156 valence electrons. The van der Waals surface area contributed by atoms with Crippen molar-refractivity contribution in [3.63, 3.8) is 0 Å². The minimum Gasteiger partial charge on any atom is -0.497 e. The molecule has 1 atom stereocenters. The van der Waals surface area contributed by atoms with Crippen molar-refractivity contribution in [1.29, 1.82) is 0 Å². The Morgan fingerprint density at radius 3 is 2.73 bits per heavy atom. The predicted octanol–water partition coefficient (Wildman–Crippen LogP) is 2.64. The zero-order valence-corrected chi connectivity index (χ0v) is 16.7. The third-order valence-corrected chi connectivity index (χ3v) is 4.36. The molecular weight excluding hydrogens is 389 g/mol. The highest BCUT2D eigenvalue weighted by Crippen LogP contribution is 2.21. The second-order valence-corrected chi connectivity index (χ2v) is 6.49. The molecule has 2 aromatic carbocycles. The van der Waals surface area contributed by atoms with Crippen molar-refractivity contribution in [2.24, 2.45) is 0 Å². The minimum atomic E-state index is -0.894. The summed E-state index contributed by atoms with van der Waals surface area (Å²) in [6.45, 7) is 1.86. The van der Waals surface area contributed by atoms with Gasteiger partial charge in [-0.1, -0.05) is 24.3 Å². The summed E-state index contributed by atoms with van der Waals surface area (Å²) in [5.74, 6) is -0.273. The number of hydrogen-bond donors (Lipinski definition) is 1. The second kappa shape index (κ2) is 9.69. The maximum Gasteiger partial charge on any atom is 0.266 e. The smallest absolute Gasteiger partial charge is 0.266 e. The molecule has 1 unspecified atom stereocenters. The summed E-state index contributed by atoms with van der Waals surface area (Å²) in [5.41, 5.74) is 1.13. The number of nitrogens with one attached hydrogen (secondary N) is 1. The molecule has 1 N–H and O–H groups in total. The number of benzene rings is 2. The summed E-state index contributed by atoms with van der Waals surface area (Å²) >= 11 is 0. The van der Waals surface area contributed by atoms with E-state index in [9.17, 15) is 14.0 Å². The number of carbonyl (C=O) groups is 1. The quantitative estimate of drug-likeness (QED) is 0.616. The van der Waals surface area contributed by atoms with Crippen LogP contribution in [0.15, 0.2) is 65.5 Å². The number of methoxy groups -OCH3 is 1. The Morgan fingerprint density at radius 1 is 1.17 bits per heavy atom. The fourth-order valence-electron chi connectivity index (χ4n) is 2.76. The van der Waals surface area contributed by atoms with E-state index in [0.717, 1.165) is 5.56 Å². The van der Waals surface area contributed by atoms with Crippen LogP contribution < -0.4 is 20.3 Å². The summed E-state index contributed by atoms with van der Waals surface area (Å²) in [6, 6.07) is 16.3. The van der Waals surface area contributed by atoms with Crippen molar-refractivity contribution < 1.29 is 18.7 Å². The van der Waals surface area contributed by atoms with Crippen LogP contribution in [0.25, 0.3) is 11.3 Å². The molecule has 7 nitrogen and oxygen atoms in total. The van der Waals surface area contributed by atoms with Crippen molar-refractivity contribution in [3.8, 4) is 22.8 Å². The van der Waals surface area contributed by atoms with Gasteiger partial charge in [0.15, 0.2) is 17.7 Å². The van der Waals surface area contributed by atoms with Gasteiger partial charge >= 0.3 is 0 Å². The van der Waals surface area contributed by atoms with Crippen LogP contribution in [-0.2, 0) is 11.3 Å². The predicted molar refractivity (Wildman–Crippen MR) is 110 cm³/mol. The molecule has 3 aromatic rings. The van der Waals surface area contributed by atoms with Gasteiger partial charge in [-0.2, -0.15) is 5.10 Å². The SMILES string of the molecule is COc1cccc(-c2ccc(=O)n(CCNC(=O)C(C)Oc3ccccc3F)n2)c1. The number of rotatable bonds is 8. The van der Waals surface area contributed by atoms with Crippen LogP contribution in [0.1, 0.15) is 6.92 Å². The fraction of sp³-hybridized carbons (Fsp3) is 0.227. The second-order valence-electron chi connectivity index (χ2n) is 6.49. The zero-order chi connectivity index (χ0) is 21.5. The number of ether oxygens (including phenoxy) is 2. The van der Waals surface area contributed by atoms with E-state index >= 15 is 0 Å². The van der Waals surface area contributed by atoms with E-state index in [4.69, 9.17) is 9.47 Å². The number of amides is 1. The van der Waals surface area contributed by atoms with Gasteiger partial charge in [0.1, 0.15) is 5.75 Å². The van der Waals surface area contributed by atoms with Gasteiger partial charge in [-0.3, -0.25) is 9.59 Å². The van der Waals surface area contributed by atoms with Gasteiger partial charge in [0, 0.05) is 18.2 Å². The first kappa shape index (κ1) is 21.0. The molecule has 1 aromatic heterocycles. The van der Waals surface area contributed by atoms with Crippen LogP contribution in [0, 0.1) is 5.82 Å². The lowest BCUT2D eigenvalue weighted by molar-refractivity contribution is -0.127. The third kappa shape index (κ3) is 5.22. The van der Waals surface area contributed by atoms with Crippen LogP contribution in [-0.4, -0.2) is 35.4 Å². The molecule has 0 spiro atoms. The van der Waals surface area contributed by atoms with Gasteiger partial charge in [-0.25, -0.2) is 9.07 Å². The standard InChI is InChI=1S/C22H22FN3O4/c1-15(30-20-9-4-3-8-18(20)23)22(28)24-12-13-26-21(27)11-10-19(25-26)16-6-5-7-17(14-16)29-2/h3-11,14-15H,12-13H2,1-2H3,(H,24,28). The summed E-state index contributed by atoms with van der Waals surface area (Å²) in [7, 11) is 1.58. The Morgan fingerprint density at radius 2 is 1.97 bits per heavy atom. The van der Waals surface area contributed by atoms with E-state index in [1.54, 1.807) is 19.2 Å². The van der Waals surface area contributed by atoms with Crippen LogP contribution in [0.5, 0.6) is 11.5 Å². The van der Waals surface area contributed by atoms with Crippen LogP contribution in [0.3, 0.4) is 0 Å². The highest BCUT2D eigenvalue weighted by Gasteiger charge is 2.16. The van der Waals surface area contributed by atoms with Crippen LogP contribution in [0.2, 0.25) is 0 Å². The minimum absolute atomic E-state index is 0.00373. The number of nitrogens with zero attached hydrogens (tertiary/aromatic N) is 2. The summed E-state index contributed by atoms with van der Waals surface area (Å²) in [5, 5.41) is 7.02. The van der Waals surface area contributed by atoms with E-state index in [1.165, 1.54) is 35.9 Å². The zero-order valence-electron chi connectivity index (χ0n) is 16.7. The molecule has 0 aliphatic carbocycles. The van der Waals surface area contributed by atoms with Crippen molar-refractivity contribution in [3.05, 3.63) is 76.8 Å². The Bertz CT molecular complexity index is 1080. The first-order valence-electron chi connectivity index (χ1n) is 9.39. The third-order valence-electron chi connectivity index (χ3n) is 4.36. The normalized spacial score (nSPS) is 11.6. The molecule has 1 amide bonds. The Kier molecular flexibility index (Phi) is 6.79. The number of aromatic nitrogens is 2. The first-order chi connectivity index (χ1) is 14.5. The highest BCUT2D eigenvalue weighted by molar-refractivity contribution is 5.80. The molecule has 0 saturated carbocycles. The number of halogens is 1. The Labute approximate surface area is 173 Å². The Balaban J connectivity index is 1.61. The van der Waals surface area contributed by atoms with Crippen LogP contribution in [0.4, 0.5) is 4.39 Å². The highest BCUT2D eigenvalue weighted by atomic mass is 19.1. The lowest BCUT2D eigenvalue weighted by Crippen LogP contribution is -2.39. The van der Waals surface area contributed by atoms with Gasteiger partial charge in [-0.05, 0) is 37.3 Å². The van der Waals surface area contributed by atoms with Crippen molar-refractivity contribution in [1.82, 2.24) is 15.1 Å². The van der Waals surface area contributed by atoms with Crippen molar-refractivity contribution >= 4 is 5.91 Å². The molecular formula is C22H22FN3O4. The van der Waals surface area contributed by atoms with Gasteiger partial charge in [0.2, 0.25) is 0 Å². The topological polar surface area (TPSA) is 82.5 Å². The average Bonchev–Trinajstić information content (AvgIpc) is 2.76. The van der Waals surface area contributed by atoms with Gasteiger partial charge in [0.25, 0.3) is 11.5 Å². The van der Waals surface area contributed by atoms with E-state index in [-0.39, 0.29) is 24.4 Å². The number of para-hydroxylation sites is 1. The molecule has 0 bridgehead atoms. The average molecular weight is 411 g/mol. The van der Waals surface area contributed by atoms with E-state index < -0.39 is 17.8 Å². The lowest BCUT2D eigenvalue weighted by atomic mass is 10.1. The number of hydrogen-bond acceptors (Lipinski definition) is 5. The molecule has 8 heteroatoms. The fourth-order valence-corrected chi connectivity index (χ4v) is 2.76. The largest absolute Gasteiger partial charge is 0.497 e. The van der Waals surface area contributed by atoms with Crippen molar-refractivity contribution in [2.45, 2.75) is 19.6 Å². The maximum atomic E-state index is 13.6. The monoisotopic (exact) mass is 411 g/mol. The molecule has 0 fully saturated rings. The molecule has 0 aliphatic rings. The van der Waals surface area contributed by atoms with E-state index in [2.05, 4.69) is 10.4 Å². The van der Waals surface area contributed by atoms with Crippen LogP contribution >= 0.6 is 0 Å². The molecule has 3 rings (SSSR count). The van der Waals surface area contributed by atoms with E-state index in [0.29, 0.717) is 11.4 Å².